The molecule has 0 radical (unpaired) electrons. The Kier molecular flexibility index (Phi) is 5.25. The standard InChI is InChI=1S/C14H27N3S/c1-3-16-9-10-17(11-12(16)2)14(18)15-13-7-5-4-6-8-13/h12-13H,3-11H2,1-2H3,(H,15,18). The smallest absolute Gasteiger partial charge is 0.169 e. The fourth-order valence-corrected chi connectivity index (χ4v) is 3.49. The molecule has 0 amide bonds. The van der Waals surface area contributed by atoms with Gasteiger partial charge in [-0.1, -0.05) is 26.2 Å². The second kappa shape index (κ2) is 6.71. The molecule has 1 saturated heterocycles. The summed E-state index contributed by atoms with van der Waals surface area (Å²) in [7, 11) is 0. The van der Waals surface area contributed by atoms with E-state index in [9.17, 15) is 0 Å². The molecule has 0 aromatic rings. The summed E-state index contributed by atoms with van der Waals surface area (Å²) in [5.41, 5.74) is 0. The monoisotopic (exact) mass is 269 g/mol. The second-order valence-corrected chi connectivity index (χ2v) is 6.09. The summed E-state index contributed by atoms with van der Waals surface area (Å²) in [6.07, 6.45) is 6.72. The van der Waals surface area contributed by atoms with E-state index in [1.54, 1.807) is 0 Å². The predicted octanol–water partition coefficient (Wildman–Crippen LogP) is 2.22. The van der Waals surface area contributed by atoms with Crippen LogP contribution in [0.15, 0.2) is 0 Å². The fourth-order valence-electron chi connectivity index (χ4n) is 3.16. The number of hydrogen-bond donors (Lipinski definition) is 1. The van der Waals surface area contributed by atoms with Crippen molar-refractivity contribution in [1.82, 2.24) is 15.1 Å². The van der Waals surface area contributed by atoms with E-state index in [2.05, 4.69) is 29.0 Å². The van der Waals surface area contributed by atoms with Gasteiger partial charge in [-0.15, -0.1) is 0 Å². The van der Waals surface area contributed by atoms with Crippen LogP contribution in [0.2, 0.25) is 0 Å². The maximum atomic E-state index is 5.58. The molecule has 0 aromatic carbocycles. The molecule has 4 heteroatoms. The van der Waals surface area contributed by atoms with Crippen LogP contribution in [-0.2, 0) is 0 Å². The summed E-state index contributed by atoms with van der Waals surface area (Å²) in [4.78, 5) is 4.89. The minimum absolute atomic E-state index is 0.620. The molecule has 0 bridgehead atoms. The molecule has 0 spiro atoms. The highest BCUT2D eigenvalue weighted by atomic mass is 32.1. The van der Waals surface area contributed by atoms with Gasteiger partial charge in [-0.3, -0.25) is 4.90 Å². The van der Waals surface area contributed by atoms with Gasteiger partial charge in [0, 0.05) is 31.7 Å². The van der Waals surface area contributed by atoms with Crippen LogP contribution in [0, 0.1) is 0 Å². The second-order valence-electron chi connectivity index (χ2n) is 5.71. The van der Waals surface area contributed by atoms with E-state index in [1.165, 1.54) is 32.1 Å². The Labute approximate surface area is 117 Å². The molecule has 1 aliphatic carbocycles. The Morgan fingerprint density at radius 2 is 1.94 bits per heavy atom. The minimum Gasteiger partial charge on any atom is -0.360 e. The largest absolute Gasteiger partial charge is 0.360 e. The topological polar surface area (TPSA) is 18.5 Å². The van der Waals surface area contributed by atoms with E-state index in [-0.39, 0.29) is 0 Å². The average Bonchev–Trinajstić information content (AvgIpc) is 2.39. The summed E-state index contributed by atoms with van der Waals surface area (Å²) in [5, 5.41) is 4.57. The van der Waals surface area contributed by atoms with Gasteiger partial charge in [0.2, 0.25) is 0 Å². The van der Waals surface area contributed by atoms with Gasteiger partial charge in [0.25, 0.3) is 0 Å². The van der Waals surface area contributed by atoms with Gasteiger partial charge in [-0.25, -0.2) is 0 Å². The van der Waals surface area contributed by atoms with Gasteiger partial charge in [-0.2, -0.15) is 0 Å². The zero-order valence-electron chi connectivity index (χ0n) is 11.8. The van der Waals surface area contributed by atoms with Crippen LogP contribution < -0.4 is 5.32 Å². The molecule has 1 saturated carbocycles. The highest BCUT2D eigenvalue weighted by Gasteiger charge is 2.25. The number of thiocarbonyl (C=S) groups is 1. The minimum atomic E-state index is 0.620. The molecular weight excluding hydrogens is 242 g/mol. The molecule has 2 fully saturated rings. The molecule has 1 aliphatic heterocycles. The highest BCUT2D eigenvalue weighted by molar-refractivity contribution is 7.80. The Morgan fingerprint density at radius 1 is 1.22 bits per heavy atom. The van der Waals surface area contributed by atoms with Crippen molar-refractivity contribution in [2.24, 2.45) is 0 Å². The SMILES string of the molecule is CCN1CCN(C(=S)NC2CCCCC2)CC1C. The molecule has 1 atom stereocenters. The molecule has 18 heavy (non-hydrogen) atoms. The lowest BCUT2D eigenvalue weighted by molar-refractivity contribution is 0.128. The summed E-state index contributed by atoms with van der Waals surface area (Å²) < 4.78 is 0. The van der Waals surface area contributed by atoms with Crippen LogP contribution in [-0.4, -0.2) is 53.2 Å². The van der Waals surface area contributed by atoms with E-state index in [4.69, 9.17) is 12.2 Å². The third-order valence-electron chi connectivity index (χ3n) is 4.39. The van der Waals surface area contributed by atoms with Crippen molar-refractivity contribution in [2.75, 3.05) is 26.2 Å². The van der Waals surface area contributed by atoms with Crippen molar-refractivity contribution in [1.29, 1.82) is 0 Å². The number of rotatable bonds is 2. The molecule has 0 aromatic heterocycles. The van der Waals surface area contributed by atoms with Crippen LogP contribution in [0.4, 0.5) is 0 Å². The van der Waals surface area contributed by atoms with Gasteiger partial charge in [0.15, 0.2) is 5.11 Å². The van der Waals surface area contributed by atoms with Crippen molar-refractivity contribution in [2.45, 2.75) is 58.0 Å². The predicted molar refractivity (Wildman–Crippen MR) is 80.9 cm³/mol. The van der Waals surface area contributed by atoms with Gasteiger partial charge in [0.1, 0.15) is 0 Å². The lowest BCUT2D eigenvalue weighted by Gasteiger charge is -2.41. The summed E-state index contributed by atoms with van der Waals surface area (Å²) >= 11 is 5.58. The van der Waals surface area contributed by atoms with E-state index in [0.29, 0.717) is 12.1 Å². The first kappa shape index (κ1) is 14.1. The van der Waals surface area contributed by atoms with Crippen molar-refractivity contribution in [3.63, 3.8) is 0 Å². The molecule has 2 aliphatic rings. The number of nitrogens with one attached hydrogen (secondary N) is 1. The molecule has 1 N–H and O–H groups in total. The molecule has 3 nitrogen and oxygen atoms in total. The van der Waals surface area contributed by atoms with Gasteiger partial charge >= 0.3 is 0 Å². The van der Waals surface area contributed by atoms with E-state index in [0.717, 1.165) is 31.3 Å². The molecular formula is C14H27N3S. The van der Waals surface area contributed by atoms with Crippen LogP contribution in [0.3, 0.4) is 0 Å². The zero-order valence-corrected chi connectivity index (χ0v) is 12.6. The number of piperazine rings is 1. The number of likely N-dealkylation sites (N-methyl/N-ethyl adjacent to an activating group) is 1. The number of hydrogen-bond acceptors (Lipinski definition) is 2. The van der Waals surface area contributed by atoms with Crippen molar-refractivity contribution < 1.29 is 0 Å². The van der Waals surface area contributed by atoms with E-state index < -0.39 is 0 Å². The third kappa shape index (κ3) is 3.58. The quantitative estimate of drug-likeness (QED) is 0.775. The molecule has 2 rings (SSSR count). The van der Waals surface area contributed by atoms with Crippen LogP contribution in [0.1, 0.15) is 46.0 Å². The summed E-state index contributed by atoms with van der Waals surface area (Å²) in [6, 6.07) is 1.25. The van der Waals surface area contributed by atoms with Gasteiger partial charge < -0.3 is 10.2 Å². The first-order chi connectivity index (χ1) is 8.70. The fraction of sp³-hybridized carbons (Fsp3) is 0.929. The molecule has 104 valence electrons. The Bertz CT molecular complexity index is 276. The lowest BCUT2D eigenvalue weighted by atomic mass is 9.96. The highest BCUT2D eigenvalue weighted by Crippen LogP contribution is 2.18. The Hall–Kier alpha value is -0.350. The number of nitrogens with zero attached hydrogens (tertiary/aromatic N) is 2. The van der Waals surface area contributed by atoms with Crippen molar-refractivity contribution >= 4 is 17.3 Å². The average molecular weight is 269 g/mol. The zero-order chi connectivity index (χ0) is 13.0. The summed E-state index contributed by atoms with van der Waals surface area (Å²) in [6.45, 7) is 8.99. The van der Waals surface area contributed by atoms with Crippen molar-refractivity contribution in [3.05, 3.63) is 0 Å². The van der Waals surface area contributed by atoms with Crippen LogP contribution in [0.5, 0.6) is 0 Å². The third-order valence-corrected chi connectivity index (χ3v) is 4.77. The Morgan fingerprint density at radius 3 is 2.56 bits per heavy atom. The first-order valence-corrected chi connectivity index (χ1v) is 7.91. The maximum Gasteiger partial charge on any atom is 0.169 e. The molecule has 1 unspecified atom stereocenters. The van der Waals surface area contributed by atoms with Gasteiger partial charge in [0.05, 0.1) is 0 Å². The summed E-state index contributed by atoms with van der Waals surface area (Å²) in [5.74, 6) is 0. The normalized spacial score (nSPS) is 27.2. The van der Waals surface area contributed by atoms with E-state index in [1.807, 2.05) is 0 Å². The van der Waals surface area contributed by atoms with Gasteiger partial charge in [-0.05, 0) is 38.5 Å². The lowest BCUT2D eigenvalue weighted by Crippen LogP contribution is -2.56. The molecule has 1 heterocycles. The van der Waals surface area contributed by atoms with E-state index >= 15 is 0 Å². The Balaban J connectivity index is 1.79. The van der Waals surface area contributed by atoms with Crippen LogP contribution >= 0.6 is 12.2 Å². The van der Waals surface area contributed by atoms with Crippen molar-refractivity contribution in [3.8, 4) is 0 Å². The van der Waals surface area contributed by atoms with Crippen LogP contribution in [0.25, 0.3) is 0 Å². The first-order valence-electron chi connectivity index (χ1n) is 7.50. The maximum absolute atomic E-state index is 5.58.